The summed E-state index contributed by atoms with van der Waals surface area (Å²) >= 11 is 0. The molecule has 27 heavy (non-hydrogen) atoms. The van der Waals surface area contributed by atoms with E-state index in [1.165, 1.54) is 16.7 Å². The summed E-state index contributed by atoms with van der Waals surface area (Å²) in [4.78, 5) is 6.94. The van der Waals surface area contributed by atoms with Crippen molar-refractivity contribution < 1.29 is 9.47 Å². The van der Waals surface area contributed by atoms with Gasteiger partial charge in [-0.25, -0.2) is 4.98 Å². The van der Waals surface area contributed by atoms with Gasteiger partial charge in [-0.3, -0.25) is 4.90 Å². The number of methoxy groups -OCH3 is 1. The maximum absolute atomic E-state index is 6.20. The number of nitrogens with zero attached hydrogens (tertiary/aromatic N) is 2. The number of benzene rings is 1. The molecule has 3 atom stereocenters. The van der Waals surface area contributed by atoms with E-state index < -0.39 is 0 Å². The number of rotatable bonds is 5. The molecule has 4 rings (SSSR count). The highest BCUT2D eigenvalue weighted by atomic mass is 16.5. The molecule has 0 radical (unpaired) electrons. The Balaban J connectivity index is 1.50. The molecule has 0 amide bonds. The van der Waals surface area contributed by atoms with E-state index in [1.54, 1.807) is 6.20 Å². The van der Waals surface area contributed by atoms with E-state index in [1.807, 2.05) is 25.3 Å². The van der Waals surface area contributed by atoms with Crippen molar-refractivity contribution in [2.45, 2.75) is 63.8 Å². The van der Waals surface area contributed by atoms with Crippen LogP contribution in [0.5, 0.6) is 5.88 Å². The Morgan fingerprint density at radius 3 is 2.67 bits per heavy atom. The smallest absolute Gasteiger partial charge is 0.213 e. The van der Waals surface area contributed by atoms with Crippen LogP contribution in [0.3, 0.4) is 0 Å². The summed E-state index contributed by atoms with van der Waals surface area (Å²) in [5.41, 5.74) is 4.04. The average molecular weight is 367 g/mol. The molecular weight excluding hydrogens is 336 g/mol. The van der Waals surface area contributed by atoms with Crippen molar-refractivity contribution in [2.24, 2.45) is 0 Å². The summed E-state index contributed by atoms with van der Waals surface area (Å²) in [6.07, 6.45) is 6.17. The van der Waals surface area contributed by atoms with E-state index in [-0.39, 0.29) is 11.7 Å². The monoisotopic (exact) mass is 366 g/mol. The first-order valence-electron chi connectivity index (χ1n) is 10.0. The highest BCUT2D eigenvalue weighted by Gasteiger charge is 2.51. The van der Waals surface area contributed by atoms with Gasteiger partial charge in [-0.2, -0.15) is 0 Å². The molecule has 2 heterocycles. The molecule has 2 fully saturated rings. The molecule has 2 aromatic rings. The first kappa shape index (κ1) is 18.5. The minimum atomic E-state index is -0.0250. The molecule has 0 spiro atoms. The van der Waals surface area contributed by atoms with Gasteiger partial charge in [-0.15, -0.1) is 0 Å². The predicted molar refractivity (Wildman–Crippen MR) is 107 cm³/mol. The highest BCUT2D eigenvalue weighted by molar-refractivity contribution is 5.29. The minimum absolute atomic E-state index is 0.0250. The van der Waals surface area contributed by atoms with Crippen LogP contribution < -0.4 is 4.74 Å². The van der Waals surface area contributed by atoms with Crippen molar-refractivity contribution in [3.8, 4) is 5.88 Å². The zero-order valence-electron chi connectivity index (χ0n) is 16.6. The molecule has 0 bridgehead atoms. The SMILES string of the molecule is CO[C@@]12CC[C@H](Oc3ccccn3)C[C@@H]1N(Cc1cc(C)cc(C)c1)CC2. The number of aryl methyl sites for hydroxylation is 2. The highest BCUT2D eigenvalue weighted by Crippen LogP contribution is 2.43. The quantitative estimate of drug-likeness (QED) is 0.791. The van der Waals surface area contributed by atoms with Crippen LogP contribution >= 0.6 is 0 Å². The van der Waals surface area contributed by atoms with Crippen molar-refractivity contribution in [1.29, 1.82) is 0 Å². The van der Waals surface area contributed by atoms with Gasteiger partial charge in [0.25, 0.3) is 0 Å². The lowest BCUT2D eigenvalue weighted by Crippen LogP contribution is -2.52. The van der Waals surface area contributed by atoms with Crippen molar-refractivity contribution in [3.05, 3.63) is 59.3 Å². The molecule has 1 aromatic heterocycles. The normalized spacial score (nSPS) is 28.1. The lowest BCUT2D eigenvalue weighted by atomic mass is 9.79. The fourth-order valence-electron chi connectivity index (χ4n) is 5.03. The average Bonchev–Trinajstić information content (AvgIpc) is 3.00. The van der Waals surface area contributed by atoms with Crippen LogP contribution in [0.15, 0.2) is 42.6 Å². The standard InChI is InChI=1S/C23H30N2O2/c1-17-12-18(2)14-19(13-17)16-25-11-9-23(26-3)8-7-20(15-21(23)25)27-22-6-4-5-10-24-22/h4-6,10,12-14,20-21H,7-9,11,15-16H2,1-3H3/t20-,21-,23+/m0/s1. The summed E-state index contributed by atoms with van der Waals surface area (Å²) < 4.78 is 12.3. The first-order valence-corrected chi connectivity index (χ1v) is 10.0. The van der Waals surface area contributed by atoms with Gasteiger partial charge in [0.2, 0.25) is 5.88 Å². The summed E-state index contributed by atoms with van der Waals surface area (Å²) in [5.74, 6) is 0.728. The Morgan fingerprint density at radius 2 is 1.96 bits per heavy atom. The van der Waals surface area contributed by atoms with E-state index in [0.29, 0.717) is 6.04 Å². The summed E-state index contributed by atoms with van der Waals surface area (Å²) in [7, 11) is 1.88. The molecule has 1 aliphatic carbocycles. The number of hydrogen-bond donors (Lipinski definition) is 0. The third-order valence-electron chi connectivity index (χ3n) is 6.24. The van der Waals surface area contributed by atoms with Gasteiger partial charge >= 0.3 is 0 Å². The maximum Gasteiger partial charge on any atom is 0.213 e. The van der Waals surface area contributed by atoms with Gasteiger partial charge < -0.3 is 9.47 Å². The number of hydrogen-bond acceptors (Lipinski definition) is 4. The maximum atomic E-state index is 6.20. The lowest BCUT2D eigenvalue weighted by Gasteiger charge is -2.43. The molecule has 4 nitrogen and oxygen atoms in total. The lowest BCUT2D eigenvalue weighted by molar-refractivity contribution is -0.0843. The van der Waals surface area contributed by atoms with E-state index in [2.05, 4.69) is 41.9 Å². The van der Waals surface area contributed by atoms with Crippen molar-refractivity contribution in [3.63, 3.8) is 0 Å². The van der Waals surface area contributed by atoms with Gasteiger partial charge in [-0.05, 0) is 44.7 Å². The fraction of sp³-hybridized carbons (Fsp3) is 0.522. The van der Waals surface area contributed by atoms with Crippen LogP contribution in [0, 0.1) is 13.8 Å². The fourth-order valence-corrected chi connectivity index (χ4v) is 5.03. The van der Waals surface area contributed by atoms with E-state index in [9.17, 15) is 0 Å². The Labute approximate surface area is 162 Å². The first-order chi connectivity index (χ1) is 13.1. The molecule has 2 aliphatic rings. The Morgan fingerprint density at radius 1 is 1.15 bits per heavy atom. The minimum Gasteiger partial charge on any atom is -0.474 e. The van der Waals surface area contributed by atoms with Gasteiger partial charge in [0.05, 0.1) is 5.60 Å². The topological polar surface area (TPSA) is 34.6 Å². The molecule has 1 saturated carbocycles. The van der Waals surface area contributed by atoms with Crippen LogP contribution in [0.4, 0.5) is 0 Å². The molecule has 0 unspecified atom stereocenters. The van der Waals surface area contributed by atoms with Gasteiger partial charge in [0.15, 0.2) is 0 Å². The molecule has 144 valence electrons. The number of ether oxygens (including phenoxy) is 2. The molecule has 4 heteroatoms. The summed E-state index contributed by atoms with van der Waals surface area (Å²) in [5, 5.41) is 0. The second kappa shape index (κ2) is 7.61. The second-order valence-electron chi connectivity index (χ2n) is 8.18. The van der Waals surface area contributed by atoms with Crippen LogP contribution in [0.25, 0.3) is 0 Å². The second-order valence-corrected chi connectivity index (χ2v) is 8.18. The largest absolute Gasteiger partial charge is 0.474 e. The van der Waals surface area contributed by atoms with Gasteiger partial charge in [-0.1, -0.05) is 35.4 Å². The number of likely N-dealkylation sites (tertiary alicyclic amines) is 1. The van der Waals surface area contributed by atoms with Gasteiger partial charge in [0.1, 0.15) is 6.10 Å². The summed E-state index contributed by atoms with van der Waals surface area (Å²) in [6.45, 7) is 6.42. The van der Waals surface area contributed by atoms with Crippen LogP contribution in [-0.4, -0.2) is 41.3 Å². The molecule has 1 aromatic carbocycles. The third kappa shape index (κ3) is 3.87. The van der Waals surface area contributed by atoms with E-state index in [4.69, 9.17) is 9.47 Å². The van der Waals surface area contributed by atoms with Crippen molar-refractivity contribution in [1.82, 2.24) is 9.88 Å². The van der Waals surface area contributed by atoms with Crippen molar-refractivity contribution in [2.75, 3.05) is 13.7 Å². The number of fused-ring (bicyclic) bond motifs is 1. The van der Waals surface area contributed by atoms with E-state index in [0.717, 1.165) is 44.7 Å². The van der Waals surface area contributed by atoms with Crippen molar-refractivity contribution >= 4 is 0 Å². The molecule has 1 saturated heterocycles. The summed E-state index contributed by atoms with van der Waals surface area (Å²) in [6, 6.07) is 13.1. The van der Waals surface area contributed by atoms with Crippen LogP contribution in [-0.2, 0) is 11.3 Å². The van der Waals surface area contributed by atoms with E-state index >= 15 is 0 Å². The number of pyridine rings is 1. The Bertz CT molecular complexity index is 759. The Kier molecular flexibility index (Phi) is 5.20. The zero-order chi connectivity index (χ0) is 18.9. The van der Waals surface area contributed by atoms with Crippen LogP contribution in [0.2, 0.25) is 0 Å². The molecule has 0 N–H and O–H groups in total. The molecule has 1 aliphatic heterocycles. The number of aromatic nitrogens is 1. The molecular formula is C23H30N2O2. The van der Waals surface area contributed by atoms with Crippen LogP contribution in [0.1, 0.15) is 42.4 Å². The third-order valence-corrected chi connectivity index (χ3v) is 6.24. The Hall–Kier alpha value is -1.91. The van der Waals surface area contributed by atoms with Gasteiger partial charge in [0, 0.05) is 44.9 Å². The predicted octanol–water partition coefficient (Wildman–Crippen LogP) is 4.29. The zero-order valence-corrected chi connectivity index (χ0v) is 16.6.